The minimum atomic E-state index is 0.748. The lowest BCUT2D eigenvalue weighted by molar-refractivity contribution is 0.297. The third kappa shape index (κ3) is 4.78. The minimum Gasteiger partial charge on any atom is -0.494 e. The number of hydrogen-bond donors (Lipinski definition) is 0. The number of aromatic nitrogens is 1. The summed E-state index contributed by atoms with van der Waals surface area (Å²) in [6, 6.07) is 10.7. The highest BCUT2D eigenvalue weighted by Crippen LogP contribution is 2.35. The molecule has 1 aromatic carbocycles. The zero-order chi connectivity index (χ0) is 18.2. The first kappa shape index (κ1) is 18.8. The highest BCUT2D eigenvalue weighted by atomic mass is 16.5. The van der Waals surface area contributed by atoms with Crippen molar-refractivity contribution in [2.24, 2.45) is 0 Å². The predicted molar refractivity (Wildman–Crippen MR) is 107 cm³/mol. The molecule has 0 N–H and O–H groups in total. The quantitative estimate of drug-likeness (QED) is 0.492. The van der Waals surface area contributed by atoms with E-state index in [1.807, 2.05) is 6.07 Å². The molecule has 1 heterocycles. The van der Waals surface area contributed by atoms with Crippen LogP contribution in [0.2, 0.25) is 0 Å². The second kappa shape index (κ2) is 9.61. The zero-order valence-corrected chi connectivity index (χ0v) is 16.2. The molecule has 0 saturated heterocycles. The van der Waals surface area contributed by atoms with Crippen LogP contribution >= 0.6 is 0 Å². The van der Waals surface area contributed by atoms with E-state index >= 15 is 0 Å². The summed E-state index contributed by atoms with van der Waals surface area (Å²) in [5, 5.41) is 0. The van der Waals surface area contributed by atoms with Crippen LogP contribution in [0.15, 0.2) is 30.3 Å². The monoisotopic (exact) mass is 353 g/mol. The minimum absolute atomic E-state index is 0.748. The van der Waals surface area contributed by atoms with Crippen molar-refractivity contribution in [3.05, 3.63) is 41.6 Å². The molecule has 0 radical (unpaired) electrons. The lowest BCUT2D eigenvalue weighted by atomic mass is 9.88. The smallest absolute Gasteiger partial charge is 0.213 e. The third-order valence-corrected chi connectivity index (χ3v) is 4.96. The van der Waals surface area contributed by atoms with Crippen LogP contribution in [0.5, 0.6) is 11.6 Å². The topological polar surface area (TPSA) is 31.4 Å². The van der Waals surface area contributed by atoms with Crippen molar-refractivity contribution in [1.82, 2.24) is 4.98 Å². The van der Waals surface area contributed by atoms with Gasteiger partial charge in [-0.25, -0.2) is 4.98 Å². The van der Waals surface area contributed by atoms with Gasteiger partial charge in [-0.2, -0.15) is 0 Å². The van der Waals surface area contributed by atoms with E-state index in [0.29, 0.717) is 0 Å². The Morgan fingerprint density at radius 3 is 2.46 bits per heavy atom. The molecule has 3 nitrogen and oxygen atoms in total. The van der Waals surface area contributed by atoms with Crippen LogP contribution < -0.4 is 9.47 Å². The summed E-state index contributed by atoms with van der Waals surface area (Å²) in [6.07, 6.45) is 9.14. The molecular weight excluding hydrogens is 322 g/mol. The van der Waals surface area contributed by atoms with Crippen LogP contribution in [0.4, 0.5) is 0 Å². The van der Waals surface area contributed by atoms with Gasteiger partial charge in [-0.15, -0.1) is 0 Å². The average Bonchev–Trinajstić information content (AvgIpc) is 2.67. The highest BCUT2D eigenvalue weighted by Gasteiger charge is 2.18. The van der Waals surface area contributed by atoms with Crippen molar-refractivity contribution in [1.29, 1.82) is 0 Å². The molecule has 0 fully saturated rings. The first-order valence-electron chi connectivity index (χ1n) is 10.2. The molecule has 26 heavy (non-hydrogen) atoms. The molecule has 0 bridgehead atoms. The molecule has 2 aromatic rings. The van der Waals surface area contributed by atoms with Gasteiger partial charge < -0.3 is 9.47 Å². The van der Waals surface area contributed by atoms with Crippen LogP contribution in [0.1, 0.15) is 63.6 Å². The second-order valence-electron chi connectivity index (χ2n) is 7.07. The summed E-state index contributed by atoms with van der Waals surface area (Å²) in [7, 11) is 0. The number of ether oxygens (including phenoxy) is 2. The highest BCUT2D eigenvalue weighted by molar-refractivity contribution is 5.73. The van der Waals surface area contributed by atoms with Crippen molar-refractivity contribution in [2.75, 3.05) is 13.2 Å². The number of rotatable bonds is 10. The standard InChI is InChI=1S/C23H31NO2/c1-3-5-7-8-16-25-19-10-11-20-18(17-19)9-13-22-21(20)12-14-23(24-22)26-15-6-4-2/h10-12,14,17H,3-9,13,15-16H2,1-2H3. The van der Waals surface area contributed by atoms with Gasteiger partial charge in [0.05, 0.1) is 18.9 Å². The SMILES string of the molecule is CCCCCCOc1ccc2c(c1)CCc1nc(OCCCC)ccc1-2. The van der Waals surface area contributed by atoms with Crippen LogP contribution in [-0.2, 0) is 12.8 Å². The molecule has 0 saturated carbocycles. The molecule has 0 atom stereocenters. The molecule has 0 spiro atoms. The molecule has 1 aromatic heterocycles. The van der Waals surface area contributed by atoms with Crippen LogP contribution in [0, 0.1) is 0 Å². The van der Waals surface area contributed by atoms with Crippen LogP contribution in [0.25, 0.3) is 11.1 Å². The summed E-state index contributed by atoms with van der Waals surface area (Å²) >= 11 is 0. The normalized spacial score (nSPS) is 12.4. The van der Waals surface area contributed by atoms with Gasteiger partial charge in [-0.1, -0.05) is 45.6 Å². The first-order chi connectivity index (χ1) is 12.8. The van der Waals surface area contributed by atoms with Gasteiger partial charge in [0.2, 0.25) is 5.88 Å². The van der Waals surface area contributed by atoms with Gasteiger partial charge >= 0.3 is 0 Å². The van der Waals surface area contributed by atoms with Crippen LogP contribution in [0.3, 0.4) is 0 Å². The van der Waals surface area contributed by atoms with E-state index in [0.717, 1.165) is 62.6 Å². The van der Waals surface area contributed by atoms with Gasteiger partial charge in [0.15, 0.2) is 0 Å². The maximum absolute atomic E-state index is 5.95. The molecule has 0 aliphatic heterocycles. The van der Waals surface area contributed by atoms with Crippen molar-refractivity contribution in [3.63, 3.8) is 0 Å². The third-order valence-electron chi connectivity index (χ3n) is 4.96. The fourth-order valence-corrected chi connectivity index (χ4v) is 3.42. The van der Waals surface area contributed by atoms with Crippen molar-refractivity contribution in [3.8, 4) is 22.8 Å². The van der Waals surface area contributed by atoms with E-state index in [1.54, 1.807) is 0 Å². The maximum Gasteiger partial charge on any atom is 0.213 e. The molecule has 0 amide bonds. The number of benzene rings is 1. The van der Waals surface area contributed by atoms with Gasteiger partial charge in [-0.3, -0.25) is 0 Å². The van der Waals surface area contributed by atoms with Gasteiger partial charge in [0.25, 0.3) is 0 Å². The molecule has 140 valence electrons. The second-order valence-corrected chi connectivity index (χ2v) is 7.07. The van der Waals surface area contributed by atoms with Gasteiger partial charge in [-0.05, 0) is 55.0 Å². The summed E-state index contributed by atoms with van der Waals surface area (Å²) in [5.74, 6) is 1.75. The fourth-order valence-electron chi connectivity index (χ4n) is 3.42. The predicted octanol–water partition coefficient (Wildman–Crippen LogP) is 5.99. The van der Waals surface area contributed by atoms with Gasteiger partial charge in [0.1, 0.15) is 5.75 Å². The van der Waals surface area contributed by atoms with Crippen LogP contribution in [-0.4, -0.2) is 18.2 Å². The summed E-state index contributed by atoms with van der Waals surface area (Å²) in [5.41, 5.74) is 5.05. The lowest BCUT2D eigenvalue weighted by Gasteiger charge is -2.20. The Hall–Kier alpha value is -2.03. The maximum atomic E-state index is 5.95. The molecule has 1 aliphatic rings. The molecule has 1 aliphatic carbocycles. The Kier molecular flexibility index (Phi) is 6.93. The number of nitrogens with zero attached hydrogens (tertiary/aromatic N) is 1. The van der Waals surface area contributed by atoms with Gasteiger partial charge in [0, 0.05) is 11.6 Å². The number of pyridine rings is 1. The Labute approximate surface area is 157 Å². The summed E-state index contributed by atoms with van der Waals surface area (Å²) < 4.78 is 11.7. The van der Waals surface area contributed by atoms with E-state index in [9.17, 15) is 0 Å². The molecular formula is C23H31NO2. The zero-order valence-electron chi connectivity index (χ0n) is 16.2. The van der Waals surface area contributed by atoms with E-state index in [1.165, 1.54) is 36.0 Å². The van der Waals surface area contributed by atoms with E-state index < -0.39 is 0 Å². The van der Waals surface area contributed by atoms with E-state index in [2.05, 4.69) is 38.1 Å². The summed E-state index contributed by atoms with van der Waals surface area (Å²) in [4.78, 5) is 4.73. The number of unbranched alkanes of at least 4 members (excludes halogenated alkanes) is 4. The largest absolute Gasteiger partial charge is 0.494 e. The fraction of sp³-hybridized carbons (Fsp3) is 0.522. The Balaban J connectivity index is 1.65. The molecule has 3 rings (SSSR count). The van der Waals surface area contributed by atoms with E-state index in [4.69, 9.17) is 14.5 Å². The van der Waals surface area contributed by atoms with Crippen molar-refractivity contribution in [2.45, 2.75) is 65.2 Å². The molecule has 0 unspecified atom stereocenters. The molecule has 3 heteroatoms. The van der Waals surface area contributed by atoms with E-state index in [-0.39, 0.29) is 0 Å². The van der Waals surface area contributed by atoms with Crippen molar-refractivity contribution < 1.29 is 9.47 Å². The average molecular weight is 354 g/mol. The first-order valence-corrected chi connectivity index (χ1v) is 10.2. The number of aryl methyl sites for hydroxylation is 2. The van der Waals surface area contributed by atoms with Crippen molar-refractivity contribution >= 4 is 0 Å². The Morgan fingerprint density at radius 2 is 1.62 bits per heavy atom. The summed E-state index contributed by atoms with van der Waals surface area (Å²) in [6.45, 7) is 5.97. The number of fused-ring (bicyclic) bond motifs is 3. The number of hydrogen-bond acceptors (Lipinski definition) is 3. The lowest BCUT2D eigenvalue weighted by Crippen LogP contribution is -2.08. The Bertz CT molecular complexity index is 711. The Morgan fingerprint density at radius 1 is 0.808 bits per heavy atom.